The van der Waals surface area contributed by atoms with Crippen molar-refractivity contribution in [3.05, 3.63) is 71.9 Å². The fourth-order valence-electron chi connectivity index (χ4n) is 6.53. The van der Waals surface area contributed by atoms with E-state index in [1.54, 1.807) is 27.9 Å². The van der Waals surface area contributed by atoms with Crippen LogP contribution in [0, 0.1) is 11.8 Å². The first-order valence-electron chi connectivity index (χ1n) is 16.9. The number of aryl methyl sites for hydroxylation is 1. The second-order valence-electron chi connectivity index (χ2n) is 14.0. The number of nitrogens with one attached hydrogen (secondary N) is 1. The van der Waals surface area contributed by atoms with E-state index in [9.17, 15) is 19.5 Å². The van der Waals surface area contributed by atoms with Crippen LogP contribution in [0.1, 0.15) is 57.6 Å². The molecule has 1 saturated carbocycles. The van der Waals surface area contributed by atoms with Crippen LogP contribution in [0.5, 0.6) is 0 Å². The number of aliphatic hydroxyl groups is 1. The number of nitrogens with zero attached hydrogens (tertiary/aromatic N) is 3. The average molecular weight is 647 g/mol. The van der Waals surface area contributed by atoms with Crippen molar-refractivity contribution in [2.24, 2.45) is 11.8 Å². The van der Waals surface area contributed by atoms with Gasteiger partial charge in [0.25, 0.3) is 0 Å². The number of ether oxygens (including phenoxy) is 2. The number of methoxy groups -OCH3 is 1. The summed E-state index contributed by atoms with van der Waals surface area (Å²) in [5.41, 5.74) is 2.49. The minimum absolute atomic E-state index is 0.0437. The SMILES string of the molecule is COCCCn1cc(CN(C(=O)[C@@H]2C[C@H](C(=O)NC(CO)Cc3ccccc3)CN(C(=O)OC(C)(C)C)C2)C2CC2)c2ccccc21. The minimum atomic E-state index is -0.721. The van der Waals surface area contributed by atoms with Gasteiger partial charge >= 0.3 is 6.09 Å². The summed E-state index contributed by atoms with van der Waals surface area (Å²) in [5.74, 6) is -1.51. The van der Waals surface area contributed by atoms with Crippen molar-refractivity contribution in [3.63, 3.8) is 0 Å². The molecular weight excluding hydrogens is 596 g/mol. The molecule has 2 aromatic carbocycles. The number of piperidine rings is 1. The number of hydrogen-bond donors (Lipinski definition) is 2. The molecular formula is C37H50N4O6. The van der Waals surface area contributed by atoms with Gasteiger partial charge in [-0.25, -0.2) is 4.79 Å². The van der Waals surface area contributed by atoms with Gasteiger partial charge in [0.15, 0.2) is 0 Å². The first-order chi connectivity index (χ1) is 22.6. The monoisotopic (exact) mass is 646 g/mol. The maximum atomic E-state index is 14.4. The molecule has 2 heterocycles. The van der Waals surface area contributed by atoms with Gasteiger partial charge in [0.2, 0.25) is 11.8 Å². The Morgan fingerprint density at radius 3 is 2.40 bits per heavy atom. The van der Waals surface area contributed by atoms with Crippen LogP contribution in [0.25, 0.3) is 10.9 Å². The van der Waals surface area contributed by atoms with Gasteiger partial charge in [-0.1, -0.05) is 48.5 Å². The predicted octanol–water partition coefficient (Wildman–Crippen LogP) is 4.76. The number of benzene rings is 2. The van der Waals surface area contributed by atoms with Crippen molar-refractivity contribution in [1.82, 2.24) is 19.7 Å². The van der Waals surface area contributed by atoms with E-state index in [1.807, 2.05) is 47.4 Å². The molecule has 2 aliphatic rings. The molecule has 1 aliphatic carbocycles. The Hall–Kier alpha value is -3.89. The first kappa shape index (κ1) is 34.4. The Bertz CT molecular complexity index is 1510. The number of likely N-dealkylation sites (tertiary alicyclic amines) is 1. The van der Waals surface area contributed by atoms with Gasteiger partial charge in [0.05, 0.1) is 24.5 Å². The summed E-state index contributed by atoms with van der Waals surface area (Å²) in [4.78, 5) is 44.9. The van der Waals surface area contributed by atoms with E-state index < -0.39 is 29.6 Å². The molecule has 2 fully saturated rings. The Kier molecular flexibility index (Phi) is 11.2. The van der Waals surface area contributed by atoms with Crippen LogP contribution >= 0.6 is 0 Å². The molecule has 3 aromatic rings. The number of para-hydroxylation sites is 1. The average Bonchev–Trinajstić information content (AvgIpc) is 3.84. The lowest BCUT2D eigenvalue weighted by Gasteiger charge is -2.39. The molecule has 3 amide bonds. The van der Waals surface area contributed by atoms with Crippen LogP contribution in [0.4, 0.5) is 4.79 Å². The van der Waals surface area contributed by atoms with Crippen molar-refractivity contribution in [3.8, 4) is 0 Å². The van der Waals surface area contributed by atoms with Crippen LogP contribution in [0.2, 0.25) is 0 Å². The summed E-state index contributed by atoms with van der Waals surface area (Å²) in [5, 5.41) is 14.2. The van der Waals surface area contributed by atoms with E-state index in [1.165, 1.54) is 4.90 Å². The molecule has 1 aromatic heterocycles. The third kappa shape index (κ3) is 9.14. The zero-order valence-corrected chi connectivity index (χ0v) is 28.2. The fraction of sp³-hybridized carbons (Fsp3) is 0.541. The largest absolute Gasteiger partial charge is 0.444 e. The summed E-state index contributed by atoms with van der Waals surface area (Å²) < 4.78 is 13.2. The van der Waals surface area contributed by atoms with E-state index in [4.69, 9.17) is 9.47 Å². The highest BCUT2D eigenvalue weighted by Gasteiger charge is 2.43. The normalized spacial score (nSPS) is 19.0. The molecule has 47 heavy (non-hydrogen) atoms. The molecule has 254 valence electrons. The van der Waals surface area contributed by atoms with Gasteiger partial charge in [-0.3, -0.25) is 9.59 Å². The number of carbonyl (C=O) groups is 3. The van der Waals surface area contributed by atoms with Gasteiger partial charge in [-0.15, -0.1) is 0 Å². The van der Waals surface area contributed by atoms with Gasteiger partial charge in [0, 0.05) is 63.0 Å². The van der Waals surface area contributed by atoms with Gasteiger partial charge in [-0.2, -0.15) is 0 Å². The molecule has 10 nitrogen and oxygen atoms in total. The highest BCUT2D eigenvalue weighted by atomic mass is 16.6. The van der Waals surface area contributed by atoms with Gasteiger partial charge in [0.1, 0.15) is 5.60 Å². The number of aromatic nitrogens is 1. The first-order valence-corrected chi connectivity index (χ1v) is 16.9. The molecule has 2 N–H and O–H groups in total. The Morgan fingerprint density at radius 2 is 1.72 bits per heavy atom. The minimum Gasteiger partial charge on any atom is -0.444 e. The van der Waals surface area contributed by atoms with Crippen LogP contribution in [0.15, 0.2) is 60.8 Å². The smallest absolute Gasteiger partial charge is 0.410 e. The standard InChI is InChI=1S/C37H50N4O6/c1-37(2,3)47-36(45)40-21-27(34(43)38-30(25-42)19-26-11-6-5-7-12-26)20-28(22-40)35(44)41(31-15-16-31)24-29-23-39(17-10-18-46-4)33-14-9-8-13-32(29)33/h5-9,11-14,23,27-28,30-31,42H,10,15-22,24-25H2,1-4H3,(H,38,43)/t27-,28+,30?/m0/s1. The Morgan fingerprint density at radius 1 is 1.02 bits per heavy atom. The molecule has 0 bridgehead atoms. The Balaban J connectivity index is 1.36. The molecule has 1 unspecified atom stereocenters. The summed E-state index contributed by atoms with van der Waals surface area (Å²) in [6.07, 6.45) is 5.15. The number of aliphatic hydroxyl groups excluding tert-OH is 1. The second-order valence-corrected chi connectivity index (χ2v) is 14.0. The summed E-state index contributed by atoms with van der Waals surface area (Å²) in [7, 11) is 1.71. The van der Waals surface area contributed by atoms with Crippen molar-refractivity contribution in [2.45, 2.75) is 83.6 Å². The van der Waals surface area contributed by atoms with E-state index in [0.717, 1.165) is 47.8 Å². The molecule has 0 spiro atoms. The van der Waals surface area contributed by atoms with Gasteiger partial charge < -0.3 is 34.3 Å². The zero-order valence-electron chi connectivity index (χ0n) is 28.2. The van der Waals surface area contributed by atoms with Crippen molar-refractivity contribution >= 4 is 28.8 Å². The molecule has 0 radical (unpaired) electrons. The highest BCUT2D eigenvalue weighted by Crippen LogP contribution is 2.34. The van der Waals surface area contributed by atoms with Crippen LogP contribution in [0.3, 0.4) is 0 Å². The molecule has 5 rings (SSSR count). The van der Waals surface area contributed by atoms with Crippen LogP contribution < -0.4 is 5.32 Å². The predicted molar refractivity (Wildman–Crippen MR) is 181 cm³/mol. The maximum Gasteiger partial charge on any atom is 0.410 e. The second kappa shape index (κ2) is 15.3. The summed E-state index contributed by atoms with van der Waals surface area (Å²) >= 11 is 0. The fourth-order valence-corrected chi connectivity index (χ4v) is 6.53. The lowest BCUT2D eigenvalue weighted by atomic mass is 9.87. The van der Waals surface area contributed by atoms with E-state index >= 15 is 0 Å². The maximum absolute atomic E-state index is 14.4. The van der Waals surface area contributed by atoms with Crippen LogP contribution in [-0.4, -0.2) is 88.5 Å². The quantitative estimate of drug-likeness (QED) is 0.259. The van der Waals surface area contributed by atoms with E-state index in [0.29, 0.717) is 26.0 Å². The third-order valence-electron chi connectivity index (χ3n) is 8.94. The van der Waals surface area contributed by atoms with Gasteiger partial charge in [-0.05, 0) is 70.1 Å². The van der Waals surface area contributed by atoms with Crippen molar-refractivity contribution in [2.75, 3.05) is 33.4 Å². The number of fused-ring (bicyclic) bond motifs is 1. The highest BCUT2D eigenvalue weighted by molar-refractivity contribution is 5.87. The number of hydrogen-bond acceptors (Lipinski definition) is 6. The number of carbonyl (C=O) groups excluding carboxylic acids is 3. The van der Waals surface area contributed by atoms with E-state index in [2.05, 4.69) is 28.2 Å². The molecule has 3 atom stereocenters. The number of rotatable bonds is 13. The van der Waals surface area contributed by atoms with Crippen LogP contribution in [-0.2, 0) is 38.6 Å². The number of amides is 3. The molecule has 1 aliphatic heterocycles. The molecule has 1 saturated heterocycles. The summed E-state index contributed by atoms with van der Waals surface area (Å²) in [6, 6.07) is 17.6. The lowest BCUT2D eigenvalue weighted by Crippen LogP contribution is -2.54. The zero-order chi connectivity index (χ0) is 33.6. The van der Waals surface area contributed by atoms with Crippen molar-refractivity contribution < 1.29 is 29.0 Å². The van der Waals surface area contributed by atoms with Crippen molar-refractivity contribution in [1.29, 1.82) is 0 Å². The molecule has 10 heteroatoms. The lowest BCUT2D eigenvalue weighted by molar-refractivity contribution is -0.140. The Labute approximate surface area is 278 Å². The topological polar surface area (TPSA) is 113 Å². The summed E-state index contributed by atoms with van der Waals surface area (Å²) in [6.45, 7) is 7.47. The third-order valence-corrected chi connectivity index (χ3v) is 8.94. The van der Waals surface area contributed by atoms with E-state index in [-0.39, 0.29) is 37.6 Å².